The van der Waals surface area contributed by atoms with Crippen molar-refractivity contribution in [3.63, 3.8) is 0 Å². The minimum absolute atomic E-state index is 0.00601. The minimum Gasteiger partial charge on any atom is -0.497 e. The number of aromatic amines is 1. The summed E-state index contributed by atoms with van der Waals surface area (Å²) in [6, 6.07) is 7.75. The van der Waals surface area contributed by atoms with E-state index in [1.807, 2.05) is 41.0 Å². The number of fused-ring (bicyclic) bond motifs is 1. The van der Waals surface area contributed by atoms with Gasteiger partial charge in [-0.25, -0.2) is 4.98 Å². The molecule has 2 aliphatic rings. The topological polar surface area (TPSA) is 87.8 Å². The average Bonchev–Trinajstić information content (AvgIpc) is 3.47. The van der Waals surface area contributed by atoms with Gasteiger partial charge in [-0.3, -0.25) is 9.59 Å². The van der Waals surface area contributed by atoms with Gasteiger partial charge in [-0.2, -0.15) is 0 Å². The lowest BCUT2D eigenvalue weighted by Crippen LogP contribution is -2.39. The van der Waals surface area contributed by atoms with E-state index in [2.05, 4.69) is 9.97 Å². The third kappa shape index (κ3) is 3.72. The van der Waals surface area contributed by atoms with Crippen molar-refractivity contribution in [1.82, 2.24) is 19.8 Å². The molecular formula is C21H26N4O4. The minimum atomic E-state index is -0.0848. The Hall–Kier alpha value is -2.87. The lowest BCUT2D eigenvalue weighted by Gasteiger charge is -2.30. The first-order valence-electron chi connectivity index (χ1n) is 9.91. The van der Waals surface area contributed by atoms with Gasteiger partial charge in [-0.15, -0.1) is 0 Å². The molecule has 0 aliphatic carbocycles. The van der Waals surface area contributed by atoms with E-state index < -0.39 is 0 Å². The summed E-state index contributed by atoms with van der Waals surface area (Å²) >= 11 is 0. The summed E-state index contributed by atoms with van der Waals surface area (Å²) in [5.41, 5.74) is 1.55. The number of ether oxygens (including phenoxy) is 2. The molecule has 0 unspecified atom stereocenters. The van der Waals surface area contributed by atoms with E-state index in [0.29, 0.717) is 31.9 Å². The number of imidazole rings is 1. The van der Waals surface area contributed by atoms with Crippen LogP contribution in [-0.2, 0) is 9.53 Å². The molecule has 0 spiro atoms. The van der Waals surface area contributed by atoms with Gasteiger partial charge < -0.3 is 24.3 Å². The Morgan fingerprint density at radius 3 is 2.66 bits per heavy atom. The SMILES string of the molecule is CCOCC(=O)N1C[C@@H]2CN(C(=O)c3cnc[nH]3)C[C@@H]2[C@@H]1c1ccc(OC)cc1. The van der Waals surface area contributed by atoms with Gasteiger partial charge in [0.15, 0.2) is 0 Å². The van der Waals surface area contributed by atoms with Crippen LogP contribution in [0.5, 0.6) is 5.75 Å². The fourth-order valence-electron chi connectivity index (χ4n) is 4.51. The largest absolute Gasteiger partial charge is 0.497 e. The highest BCUT2D eigenvalue weighted by Gasteiger charge is 2.50. The Morgan fingerprint density at radius 1 is 1.21 bits per heavy atom. The monoisotopic (exact) mass is 398 g/mol. The molecule has 1 aromatic heterocycles. The number of hydrogen-bond acceptors (Lipinski definition) is 5. The molecule has 2 amide bonds. The van der Waals surface area contributed by atoms with Crippen molar-refractivity contribution in [3.05, 3.63) is 48.0 Å². The van der Waals surface area contributed by atoms with Gasteiger partial charge in [0.2, 0.25) is 5.91 Å². The number of benzene rings is 1. The number of H-pyrrole nitrogens is 1. The predicted molar refractivity (Wildman–Crippen MR) is 105 cm³/mol. The molecule has 8 nitrogen and oxygen atoms in total. The Balaban J connectivity index is 1.57. The quantitative estimate of drug-likeness (QED) is 0.801. The van der Waals surface area contributed by atoms with Gasteiger partial charge in [-0.1, -0.05) is 12.1 Å². The smallest absolute Gasteiger partial charge is 0.271 e. The van der Waals surface area contributed by atoms with E-state index in [1.54, 1.807) is 13.3 Å². The van der Waals surface area contributed by atoms with Crippen LogP contribution >= 0.6 is 0 Å². The van der Waals surface area contributed by atoms with E-state index in [-0.39, 0.29) is 36.3 Å². The molecule has 29 heavy (non-hydrogen) atoms. The Kier molecular flexibility index (Phi) is 5.53. The third-order valence-corrected chi connectivity index (χ3v) is 5.89. The maximum absolute atomic E-state index is 12.8. The summed E-state index contributed by atoms with van der Waals surface area (Å²) in [5, 5.41) is 0. The second kappa shape index (κ2) is 8.24. The van der Waals surface area contributed by atoms with Gasteiger partial charge in [0.05, 0.1) is 25.7 Å². The van der Waals surface area contributed by atoms with Gasteiger partial charge in [0, 0.05) is 38.1 Å². The number of rotatable bonds is 6. The van der Waals surface area contributed by atoms with E-state index in [0.717, 1.165) is 11.3 Å². The van der Waals surface area contributed by atoms with E-state index in [1.165, 1.54) is 6.33 Å². The summed E-state index contributed by atoms with van der Waals surface area (Å²) in [6.07, 6.45) is 3.06. The van der Waals surface area contributed by atoms with Crippen LogP contribution in [0.15, 0.2) is 36.8 Å². The van der Waals surface area contributed by atoms with Gasteiger partial charge >= 0.3 is 0 Å². The molecule has 1 N–H and O–H groups in total. The predicted octanol–water partition coefficient (Wildman–Crippen LogP) is 1.73. The molecule has 2 aromatic rings. The molecule has 2 aliphatic heterocycles. The molecule has 1 aromatic carbocycles. The Morgan fingerprint density at radius 2 is 2.00 bits per heavy atom. The first-order valence-corrected chi connectivity index (χ1v) is 9.91. The van der Waals surface area contributed by atoms with Gasteiger partial charge in [0.1, 0.15) is 18.1 Å². The van der Waals surface area contributed by atoms with Crippen LogP contribution in [0.4, 0.5) is 0 Å². The summed E-state index contributed by atoms with van der Waals surface area (Å²) in [5.74, 6) is 1.14. The summed E-state index contributed by atoms with van der Waals surface area (Å²) in [6.45, 7) is 4.34. The molecule has 2 fully saturated rings. The number of methoxy groups -OCH3 is 1. The molecule has 3 atom stereocenters. The van der Waals surface area contributed by atoms with Crippen molar-refractivity contribution in [2.45, 2.75) is 13.0 Å². The Bertz CT molecular complexity index is 852. The van der Waals surface area contributed by atoms with Crippen LogP contribution in [0, 0.1) is 11.8 Å². The van der Waals surface area contributed by atoms with Crippen molar-refractivity contribution in [3.8, 4) is 5.75 Å². The number of nitrogens with one attached hydrogen (secondary N) is 1. The molecular weight excluding hydrogens is 372 g/mol. The molecule has 154 valence electrons. The lowest BCUT2D eigenvalue weighted by atomic mass is 9.89. The van der Waals surface area contributed by atoms with Crippen LogP contribution < -0.4 is 4.74 Å². The molecule has 2 saturated heterocycles. The van der Waals surface area contributed by atoms with Crippen molar-refractivity contribution in [1.29, 1.82) is 0 Å². The van der Waals surface area contributed by atoms with Crippen LogP contribution in [0.3, 0.4) is 0 Å². The second-order valence-corrected chi connectivity index (χ2v) is 7.50. The number of carbonyl (C=O) groups excluding carboxylic acids is 2. The number of nitrogens with zero attached hydrogens (tertiary/aromatic N) is 3. The number of aromatic nitrogens is 2. The first kappa shape index (κ1) is 19.4. The maximum atomic E-state index is 12.8. The third-order valence-electron chi connectivity index (χ3n) is 5.89. The van der Waals surface area contributed by atoms with Crippen LogP contribution in [0.1, 0.15) is 29.0 Å². The molecule has 0 bridgehead atoms. The summed E-state index contributed by atoms with van der Waals surface area (Å²) < 4.78 is 10.6. The van der Waals surface area contributed by atoms with E-state index in [4.69, 9.17) is 9.47 Å². The van der Waals surface area contributed by atoms with E-state index >= 15 is 0 Å². The summed E-state index contributed by atoms with van der Waals surface area (Å²) in [7, 11) is 1.63. The van der Waals surface area contributed by atoms with Crippen LogP contribution in [0.2, 0.25) is 0 Å². The standard InChI is InChI=1S/C21H26N4O4/c1-3-29-12-19(26)25-10-15-9-24(21(27)18-8-22-13-23-18)11-17(15)20(25)14-4-6-16(28-2)7-5-14/h4-8,13,15,17,20H,3,9-12H2,1-2H3,(H,22,23)/t15-,17-,20-/m0/s1. The second-order valence-electron chi connectivity index (χ2n) is 7.50. The molecule has 4 rings (SSSR count). The number of likely N-dealkylation sites (tertiary alicyclic amines) is 2. The lowest BCUT2D eigenvalue weighted by molar-refractivity contribution is -0.137. The zero-order valence-electron chi connectivity index (χ0n) is 16.7. The van der Waals surface area contributed by atoms with Crippen molar-refractivity contribution in [2.24, 2.45) is 11.8 Å². The fourth-order valence-corrected chi connectivity index (χ4v) is 4.51. The number of hydrogen-bond donors (Lipinski definition) is 1. The average molecular weight is 398 g/mol. The van der Waals surface area contributed by atoms with Crippen LogP contribution in [0.25, 0.3) is 0 Å². The highest BCUT2D eigenvalue weighted by molar-refractivity contribution is 5.92. The normalized spacial score (nSPS) is 23.3. The van der Waals surface area contributed by atoms with Gasteiger partial charge in [0.25, 0.3) is 5.91 Å². The van der Waals surface area contributed by atoms with Crippen molar-refractivity contribution in [2.75, 3.05) is 40.0 Å². The molecule has 0 radical (unpaired) electrons. The Labute approximate surface area is 169 Å². The maximum Gasteiger partial charge on any atom is 0.271 e. The number of carbonyl (C=O) groups is 2. The van der Waals surface area contributed by atoms with E-state index in [9.17, 15) is 9.59 Å². The van der Waals surface area contributed by atoms with Crippen molar-refractivity contribution >= 4 is 11.8 Å². The zero-order chi connectivity index (χ0) is 20.4. The first-order chi connectivity index (χ1) is 14.1. The highest BCUT2D eigenvalue weighted by Crippen LogP contribution is 2.45. The molecule has 8 heteroatoms. The highest BCUT2D eigenvalue weighted by atomic mass is 16.5. The zero-order valence-corrected chi connectivity index (χ0v) is 16.7. The van der Waals surface area contributed by atoms with Crippen LogP contribution in [-0.4, -0.2) is 71.5 Å². The fraction of sp³-hybridized carbons (Fsp3) is 0.476. The summed E-state index contributed by atoms with van der Waals surface area (Å²) in [4.78, 5) is 36.2. The van der Waals surface area contributed by atoms with Crippen molar-refractivity contribution < 1.29 is 19.1 Å². The van der Waals surface area contributed by atoms with Gasteiger partial charge in [-0.05, 0) is 24.6 Å². The molecule has 0 saturated carbocycles. The molecule has 3 heterocycles. The number of amides is 2.